The van der Waals surface area contributed by atoms with Crippen molar-refractivity contribution in [2.45, 2.75) is 19.3 Å². The number of para-hydroxylation sites is 1. The van der Waals surface area contributed by atoms with E-state index < -0.39 is 0 Å². The van der Waals surface area contributed by atoms with Gasteiger partial charge in [0.05, 0.1) is 25.5 Å². The first-order chi connectivity index (χ1) is 12.2. The number of benzene rings is 1. The second-order valence-corrected chi connectivity index (χ2v) is 7.20. The molecule has 2 amide bonds. The van der Waals surface area contributed by atoms with Crippen LogP contribution >= 0.6 is 11.8 Å². The van der Waals surface area contributed by atoms with Crippen molar-refractivity contribution < 1.29 is 14.3 Å². The number of ether oxygens (including phenoxy) is 1. The highest BCUT2D eigenvalue weighted by atomic mass is 32.2. The summed E-state index contributed by atoms with van der Waals surface area (Å²) in [5.41, 5.74) is 0. The second-order valence-electron chi connectivity index (χ2n) is 6.12. The normalized spacial score (nSPS) is 20.1. The van der Waals surface area contributed by atoms with Crippen LogP contribution in [0.3, 0.4) is 0 Å². The van der Waals surface area contributed by atoms with Crippen LogP contribution in [0.4, 0.5) is 0 Å². The molecule has 0 unspecified atom stereocenters. The fourth-order valence-electron chi connectivity index (χ4n) is 2.97. The van der Waals surface area contributed by atoms with Gasteiger partial charge >= 0.3 is 0 Å². The number of likely N-dealkylation sites (tertiary alicyclic amines) is 1. The summed E-state index contributed by atoms with van der Waals surface area (Å²) in [6, 6.07) is 9.47. The minimum atomic E-state index is -0.156. The van der Waals surface area contributed by atoms with Gasteiger partial charge in [0.25, 0.3) is 0 Å². The SMILES string of the molecule is O=C(NC1=NCCS1)[C@H]1CCCN(C(=O)CCOc2ccccc2)C1. The zero-order valence-corrected chi connectivity index (χ0v) is 15.0. The molecule has 0 aromatic heterocycles. The number of hydrogen-bond acceptors (Lipinski definition) is 5. The molecule has 25 heavy (non-hydrogen) atoms. The summed E-state index contributed by atoms with van der Waals surface area (Å²) in [6.07, 6.45) is 1.99. The standard InChI is InChI=1S/C18H23N3O3S/c22-16(8-11-24-15-6-2-1-3-7-15)21-10-4-5-14(13-21)17(23)20-18-19-9-12-25-18/h1-3,6-7,14H,4-5,8-13H2,(H,19,20,23)/t14-/m0/s1. The van der Waals surface area contributed by atoms with E-state index in [1.54, 1.807) is 16.7 Å². The number of hydrogen-bond donors (Lipinski definition) is 1. The van der Waals surface area contributed by atoms with Crippen molar-refractivity contribution in [2.24, 2.45) is 10.9 Å². The maximum atomic E-state index is 12.4. The highest BCUT2D eigenvalue weighted by Gasteiger charge is 2.29. The Labute approximate surface area is 152 Å². The lowest BCUT2D eigenvalue weighted by atomic mass is 9.97. The molecule has 0 spiro atoms. The van der Waals surface area contributed by atoms with Crippen molar-refractivity contribution in [1.29, 1.82) is 0 Å². The molecule has 1 N–H and O–H groups in total. The van der Waals surface area contributed by atoms with Crippen molar-refractivity contribution in [3.05, 3.63) is 30.3 Å². The quantitative estimate of drug-likeness (QED) is 0.870. The van der Waals surface area contributed by atoms with E-state index in [0.29, 0.717) is 31.3 Å². The van der Waals surface area contributed by atoms with Gasteiger partial charge in [0.1, 0.15) is 5.75 Å². The molecule has 0 bridgehead atoms. The lowest BCUT2D eigenvalue weighted by Gasteiger charge is -2.32. The Morgan fingerprint density at radius 1 is 1.32 bits per heavy atom. The van der Waals surface area contributed by atoms with Gasteiger partial charge in [-0.3, -0.25) is 14.6 Å². The number of piperidine rings is 1. The lowest BCUT2D eigenvalue weighted by Crippen LogP contribution is -2.46. The van der Waals surface area contributed by atoms with Gasteiger partial charge < -0.3 is 15.0 Å². The van der Waals surface area contributed by atoms with Crippen molar-refractivity contribution in [2.75, 3.05) is 32.0 Å². The van der Waals surface area contributed by atoms with Crippen LogP contribution in [-0.2, 0) is 9.59 Å². The van der Waals surface area contributed by atoms with Gasteiger partial charge in [-0.25, -0.2) is 0 Å². The smallest absolute Gasteiger partial charge is 0.230 e. The minimum absolute atomic E-state index is 0.0221. The molecule has 1 aromatic rings. The molecule has 1 atom stereocenters. The predicted molar refractivity (Wildman–Crippen MR) is 98.8 cm³/mol. The maximum Gasteiger partial charge on any atom is 0.230 e. The Hall–Kier alpha value is -2.02. The van der Waals surface area contributed by atoms with Crippen LogP contribution in [0.2, 0.25) is 0 Å². The van der Waals surface area contributed by atoms with Crippen LogP contribution in [-0.4, -0.2) is 53.9 Å². The molecule has 2 aliphatic rings. The molecule has 6 nitrogen and oxygen atoms in total. The number of amides is 2. The number of aliphatic imine (C=N–C) groups is 1. The molecule has 2 heterocycles. The van der Waals surface area contributed by atoms with E-state index in [-0.39, 0.29) is 17.7 Å². The van der Waals surface area contributed by atoms with E-state index in [9.17, 15) is 9.59 Å². The molecule has 3 rings (SSSR count). The number of amidine groups is 1. The number of nitrogens with zero attached hydrogens (tertiary/aromatic N) is 2. The first-order valence-corrected chi connectivity index (χ1v) is 9.64. The van der Waals surface area contributed by atoms with Crippen molar-refractivity contribution in [3.63, 3.8) is 0 Å². The van der Waals surface area contributed by atoms with Crippen LogP contribution in [0.25, 0.3) is 0 Å². The van der Waals surface area contributed by atoms with Gasteiger partial charge in [0, 0.05) is 18.8 Å². The number of nitrogens with one attached hydrogen (secondary N) is 1. The topological polar surface area (TPSA) is 71.0 Å². The van der Waals surface area contributed by atoms with E-state index >= 15 is 0 Å². The second kappa shape index (κ2) is 8.89. The van der Waals surface area contributed by atoms with E-state index in [4.69, 9.17) is 4.74 Å². The number of carbonyl (C=O) groups is 2. The summed E-state index contributed by atoms with van der Waals surface area (Å²) < 4.78 is 5.59. The van der Waals surface area contributed by atoms with Gasteiger partial charge in [-0.2, -0.15) is 0 Å². The number of rotatable bonds is 5. The summed E-state index contributed by atoms with van der Waals surface area (Å²) in [5.74, 6) is 1.55. The third-order valence-electron chi connectivity index (χ3n) is 4.29. The lowest BCUT2D eigenvalue weighted by molar-refractivity contribution is -0.135. The largest absolute Gasteiger partial charge is 0.493 e. The summed E-state index contributed by atoms with van der Waals surface area (Å²) in [5, 5.41) is 3.60. The van der Waals surface area contributed by atoms with Crippen molar-refractivity contribution in [3.8, 4) is 5.75 Å². The Bertz CT molecular complexity index is 636. The summed E-state index contributed by atoms with van der Waals surface area (Å²) in [4.78, 5) is 30.8. The molecule has 0 radical (unpaired) electrons. The highest BCUT2D eigenvalue weighted by Crippen LogP contribution is 2.19. The van der Waals surface area contributed by atoms with Crippen LogP contribution in [0.15, 0.2) is 35.3 Å². The molecule has 2 aliphatic heterocycles. The predicted octanol–water partition coefficient (Wildman–Crippen LogP) is 1.91. The van der Waals surface area contributed by atoms with Crippen molar-refractivity contribution in [1.82, 2.24) is 10.2 Å². The third-order valence-corrected chi connectivity index (χ3v) is 5.18. The Kier molecular flexibility index (Phi) is 6.33. The van der Waals surface area contributed by atoms with Crippen LogP contribution in [0.5, 0.6) is 5.75 Å². The molecular weight excluding hydrogens is 338 g/mol. The fourth-order valence-corrected chi connectivity index (χ4v) is 3.70. The van der Waals surface area contributed by atoms with E-state index in [1.165, 1.54) is 0 Å². The monoisotopic (exact) mass is 361 g/mol. The third kappa shape index (κ3) is 5.22. The average molecular weight is 361 g/mol. The Balaban J connectivity index is 1.43. The summed E-state index contributed by atoms with van der Waals surface area (Å²) in [7, 11) is 0. The molecule has 1 fully saturated rings. The zero-order valence-electron chi connectivity index (χ0n) is 14.1. The van der Waals surface area contributed by atoms with Gasteiger partial charge in [-0.05, 0) is 25.0 Å². The van der Waals surface area contributed by atoms with Gasteiger partial charge in [-0.1, -0.05) is 30.0 Å². The molecular formula is C18H23N3O3S. The van der Waals surface area contributed by atoms with E-state index in [0.717, 1.165) is 30.9 Å². The molecule has 134 valence electrons. The molecule has 1 aromatic carbocycles. The Morgan fingerprint density at radius 3 is 2.92 bits per heavy atom. The number of carbonyl (C=O) groups excluding carboxylic acids is 2. The van der Waals surface area contributed by atoms with E-state index in [1.807, 2.05) is 30.3 Å². The van der Waals surface area contributed by atoms with Crippen molar-refractivity contribution >= 4 is 28.7 Å². The number of thioether (sulfide) groups is 1. The molecule has 0 aliphatic carbocycles. The minimum Gasteiger partial charge on any atom is -0.493 e. The average Bonchev–Trinajstić information content (AvgIpc) is 3.15. The molecule has 1 saturated heterocycles. The summed E-state index contributed by atoms with van der Waals surface area (Å²) >= 11 is 1.57. The Morgan fingerprint density at radius 2 is 2.16 bits per heavy atom. The van der Waals surface area contributed by atoms with Gasteiger partial charge in [0.15, 0.2) is 5.17 Å². The first-order valence-electron chi connectivity index (χ1n) is 8.66. The maximum absolute atomic E-state index is 12.4. The molecule has 0 saturated carbocycles. The van der Waals surface area contributed by atoms with Crippen LogP contribution < -0.4 is 10.1 Å². The fraction of sp³-hybridized carbons (Fsp3) is 0.500. The summed E-state index contributed by atoms with van der Waals surface area (Å²) in [6.45, 7) is 2.30. The highest BCUT2D eigenvalue weighted by molar-refractivity contribution is 8.14. The van der Waals surface area contributed by atoms with Crippen LogP contribution in [0.1, 0.15) is 19.3 Å². The van der Waals surface area contributed by atoms with E-state index in [2.05, 4.69) is 10.3 Å². The van der Waals surface area contributed by atoms with Crippen LogP contribution in [0, 0.1) is 5.92 Å². The first kappa shape index (κ1) is 17.8. The molecule has 7 heteroatoms. The van der Waals surface area contributed by atoms with Gasteiger partial charge in [0.2, 0.25) is 11.8 Å². The zero-order chi connectivity index (χ0) is 17.5. The van der Waals surface area contributed by atoms with Gasteiger partial charge in [-0.15, -0.1) is 0 Å².